The van der Waals surface area contributed by atoms with E-state index >= 15 is 0 Å². The molecule has 1 aliphatic rings. The van der Waals surface area contributed by atoms with Gasteiger partial charge in [0.15, 0.2) is 0 Å². The molecule has 0 radical (unpaired) electrons. The van der Waals surface area contributed by atoms with E-state index in [-0.39, 0.29) is 23.3 Å². The topological polar surface area (TPSA) is 29.5 Å². The number of rotatable bonds is 7. The number of allylic oxidation sites excluding steroid dienone is 2. The monoisotopic (exact) mass is 350 g/mol. The highest BCUT2D eigenvalue weighted by Crippen LogP contribution is 2.39. The average Bonchev–Trinajstić information content (AvgIpc) is 2.80. The third-order valence-electron chi connectivity index (χ3n) is 5.35. The van der Waals surface area contributed by atoms with Crippen molar-refractivity contribution < 1.29 is 9.84 Å². The van der Waals surface area contributed by atoms with Gasteiger partial charge in [0.2, 0.25) is 0 Å². The molecule has 1 aromatic carbocycles. The Bertz CT molecular complexity index is 544. The Morgan fingerprint density at radius 2 is 1.83 bits per heavy atom. The minimum Gasteiger partial charge on any atom is -0.493 e. The summed E-state index contributed by atoms with van der Waals surface area (Å²) >= 11 is 6.48. The summed E-state index contributed by atoms with van der Waals surface area (Å²) in [5.74, 6) is 1.27. The highest BCUT2D eigenvalue weighted by Gasteiger charge is 2.41. The molecule has 1 aliphatic carbocycles. The van der Waals surface area contributed by atoms with Crippen LogP contribution < -0.4 is 4.74 Å². The van der Waals surface area contributed by atoms with Crippen LogP contribution in [0.3, 0.4) is 0 Å². The largest absolute Gasteiger partial charge is 0.493 e. The van der Waals surface area contributed by atoms with E-state index in [1.54, 1.807) is 0 Å². The molecule has 3 heteroatoms. The second kappa shape index (κ2) is 8.92. The van der Waals surface area contributed by atoms with Crippen LogP contribution in [0, 0.1) is 32.6 Å². The first-order valence-electron chi connectivity index (χ1n) is 9.11. The molecule has 0 spiro atoms. The van der Waals surface area contributed by atoms with Crippen molar-refractivity contribution in [3.8, 4) is 5.75 Å². The molecule has 24 heavy (non-hydrogen) atoms. The summed E-state index contributed by atoms with van der Waals surface area (Å²) in [6.45, 7) is 9.05. The molecule has 1 N–H and O–H groups in total. The van der Waals surface area contributed by atoms with Gasteiger partial charge in [-0.3, -0.25) is 0 Å². The maximum Gasteiger partial charge on any atom is 0.119 e. The van der Waals surface area contributed by atoms with Gasteiger partial charge in [0, 0.05) is 11.3 Å². The van der Waals surface area contributed by atoms with Gasteiger partial charge in [-0.15, -0.1) is 11.6 Å². The van der Waals surface area contributed by atoms with Crippen LogP contribution in [0.25, 0.3) is 0 Å². The van der Waals surface area contributed by atoms with Crippen molar-refractivity contribution in [3.63, 3.8) is 0 Å². The van der Waals surface area contributed by atoms with Crippen molar-refractivity contribution in [1.29, 1.82) is 0 Å². The molecule has 0 aliphatic heterocycles. The number of aliphatic hydroxyl groups is 1. The lowest BCUT2D eigenvalue weighted by Gasteiger charge is -2.23. The first kappa shape index (κ1) is 19.3. The van der Waals surface area contributed by atoms with Gasteiger partial charge in [-0.2, -0.15) is 0 Å². The summed E-state index contributed by atoms with van der Waals surface area (Å²) in [5, 5.41) is 10.4. The first-order valence-corrected chi connectivity index (χ1v) is 9.55. The van der Waals surface area contributed by atoms with Crippen molar-refractivity contribution >= 4 is 11.6 Å². The van der Waals surface area contributed by atoms with Gasteiger partial charge in [0.05, 0.1) is 12.7 Å². The highest BCUT2D eigenvalue weighted by molar-refractivity contribution is 6.21. The van der Waals surface area contributed by atoms with Crippen LogP contribution >= 0.6 is 11.6 Å². The molecule has 1 aromatic rings. The van der Waals surface area contributed by atoms with E-state index in [4.69, 9.17) is 16.3 Å². The number of unbranched alkanes of at least 4 members (excludes halogenated alkanes) is 1. The molecule has 0 amide bonds. The average molecular weight is 351 g/mol. The number of aliphatic hydroxyl groups excluding tert-OH is 1. The number of alkyl halides is 1. The SMILES string of the molecule is CCC/C=C\C[C@@H]1[C@@H](COc2cc(C)c(C)c(C)c2)[C@H](O)C[C@H]1Cl. The minimum atomic E-state index is -0.371. The van der Waals surface area contributed by atoms with E-state index in [1.165, 1.54) is 16.7 Å². The Labute approximate surface area is 151 Å². The predicted molar refractivity (Wildman–Crippen MR) is 102 cm³/mol. The lowest BCUT2D eigenvalue weighted by Crippen LogP contribution is -2.27. The van der Waals surface area contributed by atoms with Gasteiger partial charge < -0.3 is 9.84 Å². The lowest BCUT2D eigenvalue weighted by atomic mass is 9.92. The number of hydrogen-bond acceptors (Lipinski definition) is 2. The van der Waals surface area contributed by atoms with E-state index in [9.17, 15) is 5.11 Å². The number of benzene rings is 1. The van der Waals surface area contributed by atoms with Crippen LogP contribution in [0.2, 0.25) is 0 Å². The molecule has 0 saturated heterocycles. The van der Waals surface area contributed by atoms with Crippen molar-refractivity contribution in [2.45, 2.75) is 64.9 Å². The zero-order chi connectivity index (χ0) is 17.7. The number of ether oxygens (including phenoxy) is 1. The first-order chi connectivity index (χ1) is 11.4. The molecule has 0 heterocycles. The zero-order valence-electron chi connectivity index (χ0n) is 15.4. The van der Waals surface area contributed by atoms with E-state index in [2.05, 4.69) is 52.0 Å². The van der Waals surface area contributed by atoms with E-state index in [0.717, 1.165) is 25.0 Å². The Morgan fingerprint density at radius 3 is 2.46 bits per heavy atom. The second-order valence-electron chi connectivity index (χ2n) is 7.14. The van der Waals surface area contributed by atoms with Crippen LogP contribution in [0.5, 0.6) is 5.75 Å². The van der Waals surface area contributed by atoms with E-state index in [0.29, 0.717) is 13.0 Å². The zero-order valence-corrected chi connectivity index (χ0v) is 16.1. The van der Waals surface area contributed by atoms with Crippen LogP contribution in [0.15, 0.2) is 24.3 Å². The molecule has 0 aromatic heterocycles. The standard InChI is InChI=1S/C21H31ClO2/c1-5-6-7-8-9-18-19(21(23)12-20(18)22)13-24-17-10-14(2)16(4)15(3)11-17/h7-8,10-11,18-21,23H,5-6,9,12-13H2,1-4H3/b8-7-/t18-,19-,20-,21-/m1/s1. The summed E-state index contributed by atoms with van der Waals surface area (Å²) in [4.78, 5) is 0. The molecular formula is C21H31ClO2. The summed E-state index contributed by atoms with van der Waals surface area (Å²) < 4.78 is 6.04. The fraction of sp³-hybridized carbons (Fsp3) is 0.619. The minimum absolute atomic E-state index is 0.0290. The van der Waals surface area contributed by atoms with Gasteiger partial charge in [-0.25, -0.2) is 0 Å². The van der Waals surface area contributed by atoms with Crippen molar-refractivity contribution in [1.82, 2.24) is 0 Å². The smallest absolute Gasteiger partial charge is 0.119 e. The van der Waals surface area contributed by atoms with Gasteiger partial charge in [-0.1, -0.05) is 25.5 Å². The molecule has 1 fully saturated rings. The van der Waals surface area contributed by atoms with Crippen molar-refractivity contribution in [2.75, 3.05) is 6.61 Å². The highest BCUT2D eigenvalue weighted by atomic mass is 35.5. The quantitative estimate of drug-likeness (QED) is 0.531. The van der Waals surface area contributed by atoms with Crippen LogP contribution in [-0.2, 0) is 0 Å². The van der Waals surface area contributed by atoms with Gasteiger partial charge >= 0.3 is 0 Å². The van der Waals surface area contributed by atoms with Crippen molar-refractivity contribution in [3.05, 3.63) is 41.0 Å². The number of aryl methyl sites for hydroxylation is 2. The molecule has 2 rings (SSSR count). The molecule has 0 unspecified atom stereocenters. The third kappa shape index (κ3) is 4.77. The molecule has 4 atom stereocenters. The Kier molecular flexibility index (Phi) is 7.18. The van der Waals surface area contributed by atoms with E-state index in [1.807, 2.05) is 0 Å². The van der Waals surface area contributed by atoms with Crippen LogP contribution in [0.1, 0.15) is 49.3 Å². The normalized spacial score (nSPS) is 27.1. The van der Waals surface area contributed by atoms with Crippen LogP contribution in [-0.4, -0.2) is 23.2 Å². The maximum atomic E-state index is 10.4. The summed E-state index contributed by atoms with van der Waals surface area (Å²) in [5.41, 5.74) is 3.79. The summed E-state index contributed by atoms with van der Waals surface area (Å²) in [6, 6.07) is 4.16. The fourth-order valence-corrected chi connectivity index (χ4v) is 3.97. The Balaban J connectivity index is 2.00. The summed E-state index contributed by atoms with van der Waals surface area (Å²) in [7, 11) is 0. The molecule has 134 valence electrons. The maximum absolute atomic E-state index is 10.4. The molecular weight excluding hydrogens is 320 g/mol. The molecule has 0 bridgehead atoms. The predicted octanol–water partition coefficient (Wildman–Crippen LogP) is 5.34. The van der Waals surface area contributed by atoms with Crippen LogP contribution in [0.4, 0.5) is 0 Å². The Hall–Kier alpha value is -0.990. The number of hydrogen-bond donors (Lipinski definition) is 1. The summed E-state index contributed by atoms with van der Waals surface area (Å²) in [6.07, 6.45) is 7.91. The Morgan fingerprint density at radius 1 is 1.17 bits per heavy atom. The number of halogens is 1. The fourth-order valence-electron chi connectivity index (χ4n) is 3.50. The second-order valence-corrected chi connectivity index (χ2v) is 7.70. The third-order valence-corrected chi connectivity index (χ3v) is 5.85. The van der Waals surface area contributed by atoms with Gasteiger partial charge in [0.1, 0.15) is 5.75 Å². The van der Waals surface area contributed by atoms with Gasteiger partial charge in [0.25, 0.3) is 0 Å². The lowest BCUT2D eigenvalue weighted by molar-refractivity contribution is 0.0807. The van der Waals surface area contributed by atoms with E-state index < -0.39 is 0 Å². The molecule has 1 saturated carbocycles. The van der Waals surface area contributed by atoms with Gasteiger partial charge in [-0.05, 0) is 74.8 Å². The molecule has 2 nitrogen and oxygen atoms in total. The van der Waals surface area contributed by atoms with Crippen molar-refractivity contribution in [2.24, 2.45) is 11.8 Å².